The lowest BCUT2D eigenvalue weighted by atomic mass is 9.98. The molecular formula is C15H14BrClO. The maximum Gasteiger partial charge on any atom is 0.104 e. The molecule has 0 saturated heterocycles. The highest BCUT2D eigenvalue weighted by Crippen LogP contribution is 2.29. The largest absolute Gasteiger partial charge is 0.384 e. The zero-order valence-electron chi connectivity index (χ0n) is 10.2. The van der Waals surface area contributed by atoms with E-state index in [2.05, 4.69) is 15.9 Å². The highest BCUT2D eigenvalue weighted by molar-refractivity contribution is 9.10. The van der Waals surface area contributed by atoms with E-state index in [0.29, 0.717) is 0 Å². The molecular weight excluding hydrogens is 312 g/mol. The number of hydrogen-bond acceptors (Lipinski definition) is 1. The van der Waals surface area contributed by atoms with Crippen LogP contribution in [0.2, 0.25) is 5.02 Å². The van der Waals surface area contributed by atoms with Crippen molar-refractivity contribution in [1.82, 2.24) is 0 Å². The predicted octanol–water partition coefficient (Wildman–Crippen LogP) is 4.80. The van der Waals surface area contributed by atoms with Gasteiger partial charge in [0.05, 0.1) is 0 Å². The van der Waals surface area contributed by atoms with Crippen LogP contribution in [0.25, 0.3) is 0 Å². The molecule has 0 radical (unpaired) electrons. The first-order valence-corrected chi connectivity index (χ1v) is 6.86. The van der Waals surface area contributed by atoms with Crippen molar-refractivity contribution >= 4 is 27.5 Å². The summed E-state index contributed by atoms with van der Waals surface area (Å²) in [4.78, 5) is 0. The summed E-state index contributed by atoms with van der Waals surface area (Å²) < 4.78 is 1.00. The van der Waals surface area contributed by atoms with E-state index in [1.54, 1.807) is 0 Å². The van der Waals surface area contributed by atoms with Crippen molar-refractivity contribution in [2.45, 2.75) is 20.0 Å². The fourth-order valence-corrected chi connectivity index (χ4v) is 2.35. The Bertz CT molecular complexity index is 540. The first-order chi connectivity index (χ1) is 8.49. The van der Waals surface area contributed by atoms with Crippen molar-refractivity contribution in [3.05, 3.63) is 68.1 Å². The van der Waals surface area contributed by atoms with Gasteiger partial charge < -0.3 is 5.11 Å². The van der Waals surface area contributed by atoms with Gasteiger partial charge in [-0.2, -0.15) is 0 Å². The lowest BCUT2D eigenvalue weighted by Gasteiger charge is -2.14. The van der Waals surface area contributed by atoms with Crippen LogP contribution in [-0.2, 0) is 0 Å². The molecule has 0 aromatic heterocycles. The number of aliphatic hydroxyl groups excluding tert-OH is 1. The van der Waals surface area contributed by atoms with Crippen molar-refractivity contribution in [3.63, 3.8) is 0 Å². The molecule has 2 aromatic carbocycles. The second-order valence-electron chi connectivity index (χ2n) is 4.42. The third kappa shape index (κ3) is 2.77. The molecule has 0 amide bonds. The molecule has 1 atom stereocenters. The standard InChI is InChI=1S/C15H14BrClO/c1-9-7-12(8-10(2)14(9)17)15(18)11-3-5-13(16)6-4-11/h3-8,15,18H,1-2H3/t15-/m1/s1. The van der Waals surface area contributed by atoms with Crippen molar-refractivity contribution in [3.8, 4) is 0 Å². The molecule has 0 heterocycles. The fraction of sp³-hybridized carbons (Fsp3) is 0.200. The Morgan fingerprint density at radius 2 is 1.50 bits per heavy atom. The first-order valence-electron chi connectivity index (χ1n) is 5.69. The van der Waals surface area contributed by atoms with E-state index >= 15 is 0 Å². The van der Waals surface area contributed by atoms with E-state index in [1.165, 1.54) is 0 Å². The Hall–Kier alpha value is -0.830. The zero-order valence-corrected chi connectivity index (χ0v) is 12.6. The summed E-state index contributed by atoms with van der Waals surface area (Å²) in [6.45, 7) is 3.90. The molecule has 1 nitrogen and oxygen atoms in total. The van der Waals surface area contributed by atoms with E-state index in [0.717, 1.165) is 31.7 Å². The van der Waals surface area contributed by atoms with Crippen LogP contribution in [0.3, 0.4) is 0 Å². The van der Waals surface area contributed by atoms with Crippen LogP contribution in [-0.4, -0.2) is 5.11 Å². The van der Waals surface area contributed by atoms with Gasteiger partial charge in [-0.15, -0.1) is 0 Å². The van der Waals surface area contributed by atoms with Gasteiger partial charge in [0.15, 0.2) is 0 Å². The number of halogens is 2. The molecule has 0 aliphatic carbocycles. The quantitative estimate of drug-likeness (QED) is 0.841. The second kappa shape index (κ2) is 5.43. The Morgan fingerprint density at radius 1 is 1.00 bits per heavy atom. The highest BCUT2D eigenvalue weighted by Gasteiger charge is 2.12. The normalized spacial score (nSPS) is 12.5. The third-order valence-corrected chi connectivity index (χ3v) is 4.09. The van der Waals surface area contributed by atoms with Gasteiger partial charge in [0.1, 0.15) is 6.10 Å². The van der Waals surface area contributed by atoms with Gasteiger partial charge in [0.2, 0.25) is 0 Å². The average Bonchev–Trinajstić information content (AvgIpc) is 2.35. The molecule has 2 rings (SSSR count). The van der Waals surface area contributed by atoms with Crippen molar-refractivity contribution in [2.75, 3.05) is 0 Å². The van der Waals surface area contributed by atoms with E-state index < -0.39 is 6.10 Å². The molecule has 0 fully saturated rings. The van der Waals surface area contributed by atoms with Crippen LogP contribution in [0.5, 0.6) is 0 Å². The first kappa shape index (κ1) is 13.6. The Balaban J connectivity index is 2.39. The van der Waals surface area contributed by atoms with Crippen molar-refractivity contribution in [2.24, 2.45) is 0 Å². The van der Waals surface area contributed by atoms with Gasteiger partial charge in [-0.1, -0.05) is 51.8 Å². The highest BCUT2D eigenvalue weighted by atomic mass is 79.9. The Kier molecular flexibility index (Phi) is 4.10. The van der Waals surface area contributed by atoms with Crippen LogP contribution in [0.1, 0.15) is 28.4 Å². The lowest BCUT2D eigenvalue weighted by Crippen LogP contribution is -2.01. The van der Waals surface area contributed by atoms with Crippen LogP contribution < -0.4 is 0 Å². The number of aliphatic hydroxyl groups is 1. The molecule has 0 aliphatic rings. The maximum atomic E-state index is 10.4. The summed E-state index contributed by atoms with van der Waals surface area (Å²) in [5.74, 6) is 0. The topological polar surface area (TPSA) is 20.2 Å². The summed E-state index contributed by atoms with van der Waals surface area (Å²) in [7, 11) is 0. The number of aryl methyl sites for hydroxylation is 2. The van der Waals surface area contributed by atoms with Gasteiger partial charge in [0, 0.05) is 9.50 Å². The van der Waals surface area contributed by atoms with Crippen molar-refractivity contribution < 1.29 is 5.11 Å². The molecule has 0 spiro atoms. The Morgan fingerprint density at radius 3 is 2.00 bits per heavy atom. The smallest absolute Gasteiger partial charge is 0.104 e. The van der Waals surface area contributed by atoms with Gasteiger partial charge in [-0.05, 0) is 48.2 Å². The second-order valence-corrected chi connectivity index (χ2v) is 5.72. The summed E-state index contributed by atoms with van der Waals surface area (Å²) >= 11 is 9.52. The number of rotatable bonds is 2. The summed E-state index contributed by atoms with van der Waals surface area (Å²) in [6, 6.07) is 11.5. The summed E-state index contributed by atoms with van der Waals surface area (Å²) in [6.07, 6.45) is -0.618. The minimum Gasteiger partial charge on any atom is -0.384 e. The van der Waals surface area contributed by atoms with Gasteiger partial charge in [-0.25, -0.2) is 0 Å². The zero-order chi connectivity index (χ0) is 13.3. The minimum atomic E-state index is -0.618. The molecule has 0 unspecified atom stereocenters. The number of benzene rings is 2. The fourth-order valence-electron chi connectivity index (χ4n) is 1.97. The van der Waals surface area contributed by atoms with Crippen LogP contribution >= 0.6 is 27.5 Å². The SMILES string of the molecule is Cc1cc([C@H](O)c2ccc(Br)cc2)cc(C)c1Cl. The summed E-state index contributed by atoms with van der Waals surface area (Å²) in [5.41, 5.74) is 3.72. The number of hydrogen-bond donors (Lipinski definition) is 1. The van der Waals surface area contributed by atoms with Crippen LogP contribution in [0.15, 0.2) is 40.9 Å². The molecule has 0 bridgehead atoms. The van der Waals surface area contributed by atoms with E-state index in [9.17, 15) is 5.11 Å². The molecule has 0 saturated carbocycles. The van der Waals surface area contributed by atoms with Crippen molar-refractivity contribution in [1.29, 1.82) is 0 Å². The van der Waals surface area contributed by atoms with Crippen LogP contribution in [0.4, 0.5) is 0 Å². The molecule has 18 heavy (non-hydrogen) atoms. The van der Waals surface area contributed by atoms with E-state index in [-0.39, 0.29) is 0 Å². The maximum absolute atomic E-state index is 10.4. The van der Waals surface area contributed by atoms with Crippen LogP contribution in [0, 0.1) is 13.8 Å². The monoisotopic (exact) mass is 324 g/mol. The molecule has 0 aliphatic heterocycles. The molecule has 2 aromatic rings. The molecule has 94 valence electrons. The van der Waals surface area contributed by atoms with E-state index in [1.807, 2.05) is 50.2 Å². The lowest BCUT2D eigenvalue weighted by molar-refractivity contribution is 0.220. The Labute approximate surface area is 121 Å². The summed E-state index contributed by atoms with van der Waals surface area (Å²) in [5, 5.41) is 11.1. The van der Waals surface area contributed by atoms with Gasteiger partial charge in [-0.3, -0.25) is 0 Å². The van der Waals surface area contributed by atoms with E-state index in [4.69, 9.17) is 11.6 Å². The van der Waals surface area contributed by atoms with Gasteiger partial charge in [0.25, 0.3) is 0 Å². The predicted molar refractivity (Wildman–Crippen MR) is 79.1 cm³/mol. The van der Waals surface area contributed by atoms with Gasteiger partial charge >= 0.3 is 0 Å². The molecule has 1 N–H and O–H groups in total. The average molecular weight is 326 g/mol. The molecule has 3 heteroatoms. The third-order valence-electron chi connectivity index (χ3n) is 2.96. The minimum absolute atomic E-state index is 0.618.